The number of pyridine rings is 1. The van der Waals surface area contributed by atoms with E-state index in [0.717, 1.165) is 6.54 Å². The van der Waals surface area contributed by atoms with Crippen molar-refractivity contribution >= 4 is 6.03 Å². The Bertz CT molecular complexity index is 519. The van der Waals surface area contributed by atoms with E-state index in [1.165, 1.54) is 18.3 Å². The van der Waals surface area contributed by atoms with Crippen LogP contribution in [0.2, 0.25) is 0 Å². The van der Waals surface area contributed by atoms with Crippen molar-refractivity contribution in [1.29, 1.82) is 0 Å². The highest BCUT2D eigenvalue weighted by molar-refractivity contribution is 5.73. The van der Waals surface area contributed by atoms with Crippen LogP contribution in [0.5, 0.6) is 5.88 Å². The largest absolute Gasteiger partial charge is 0.468 e. The van der Waals surface area contributed by atoms with Crippen molar-refractivity contribution in [2.24, 2.45) is 0 Å². The molecule has 3 N–H and O–H groups in total. The zero-order chi connectivity index (χ0) is 17.4. The van der Waals surface area contributed by atoms with Gasteiger partial charge >= 0.3 is 12.2 Å². The Balaban J connectivity index is 1.66. The summed E-state index contributed by atoms with van der Waals surface area (Å²) in [5.41, 5.74) is 0.639. The van der Waals surface area contributed by atoms with E-state index in [0.29, 0.717) is 25.3 Å². The number of aromatic nitrogens is 1. The van der Waals surface area contributed by atoms with Gasteiger partial charge in [-0.1, -0.05) is 6.07 Å². The van der Waals surface area contributed by atoms with Gasteiger partial charge in [0, 0.05) is 38.4 Å². The number of morpholine rings is 1. The Morgan fingerprint density at radius 2 is 2.25 bits per heavy atom. The molecular weight excluding hydrogens is 329 g/mol. The first kappa shape index (κ1) is 18.3. The topological polar surface area (TPSA) is 84.5 Å². The molecule has 134 valence electrons. The van der Waals surface area contributed by atoms with Crippen LogP contribution < -0.4 is 20.7 Å². The van der Waals surface area contributed by atoms with Crippen LogP contribution in [0, 0.1) is 0 Å². The fraction of sp³-hybridized carbons (Fsp3) is 0.571. The lowest BCUT2D eigenvalue weighted by Gasteiger charge is -2.23. The second-order valence-electron chi connectivity index (χ2n) is 5.17. The number of hydrogen-bond donors (Lipinski definition) is 3. The number of nitrogens with zero attached hydrogens (tertiary/aromatic N) is 1. The number of halogens is 3. The molecule has 0 aliphatic carbocycles. The predicted octanol–water partition coefficient (Wildman–Crippen LogP) is 0.810. The van der Waals surface area contributed by atoms with Gasteiger partial charge in [0.1, 0.15) is 0 Å². The SMILES string of the molecule is O=C(NCc1ccc(OCC(F)(F)F)nc1)NCC1CNCCO1. The van der Waals surface area contributed by atoms with Crippen LogP contribution in [0.15, 0.2) is 18.3 Å². The van der Waals surface area contributed by atoms with Crippen molar-refractivity contribution in [3.8, 4) is 5.88 Å². The molecule has 2 rings (SSSR count). The van der Waals surface area contributed by atoms with E-state index >= 15 is 0 Å². The van der Waals surface area contributed by atoms with Crippen molar-refractivity contribution in [3.05, 3.63) is 23.9 Å². The molecule has 1 aliphatic rings. The van der Waals surface area contributed by atoms with E-state index < -0.39 is 12.8 Å². The van der Waals surface area contributed by atoms with E-state index in [2.05, 4.69) is 25.7 Å². The second-order valence-corrected chi connectivity index (χ2v) is 5.17. The van der Waals surface area contributed by atoms with Crippen molar-refractivity contribution in [2.75, 3.05) is 32.8 Å². The maximum atomic E-state index is 12.0. The lowest BCUT2D eigenvalue weighted by atomic mass is 10.3. The van der Waals surface area contributed by atoms with Gasteiger partial charge in [-0.3, -0.25) is 0 Å². The molecule has 24 heavy (non-hydrogen) atoms. The van der Waals surface area contributed by atoms with Crippen molar-refractivity contribution < 1.29 is 27.4 Å². The van der Waals surface area contributed by atoms with Crippen molar-refractivity contribution in [1.82, 2.24) is 20.9 Å². The third-order valence-electron chi connectivity index (χ3n) is 3.13. The van der Waals surface area contributed by atoms with Crippen molar-refractivity contribution in [2.45, 2.75) is 18.8 Å². The number of urea groups is 1. The van der Waals surface area contributed by atoms with Crippen LogP contribution in [0.1, 0.15) is 5.56 Å². The monoisotopic (exact) mass is 348 g/mol. The highest BCUT2D eigenvalue weighted by Crippen LogP contribution is 2.16. The quantitative estimate of drug-likeness (QED) is 0.709. The van der Waals surface area contributed by atoms with Gasteiger partial charge in [-0.25, -0.2) is 9.78 Å². The molecule has 1 unspecified atom stereocenters. The third kappa shape index (κ3) is 7.01. The summed E-state index contributed by atoms with van der Waals surface area (Å²) in [4.78, 5) is 15.4. The minimum absolute atomic E-state index is 0.0590. The van der Waals surface area contributed by atoms with Gasteiger partial charge in [0.05, 0.1) is 12.7 Å². The highest BCUT2D eigenvalue weighted by Gasteiger charge is 2.28. The minimum atomic E-state index is -4.41. The molecule has 2 heterocycles. The second kappa shape index (κ2) is 8.69. The fourth-order valence-electron chi connectivity index (χ4n) is 1.96. The van der Waals surface area contributed by atoms with Gasteiger partial charge in [0.25, 0.3) is 0 Å². The molecule has 10 heteroatoms. The normalized spacial score (nSPS) is 18.0. The molecule has 1 atom stereocenters. The standard InChI is InChI=1S/C14H19F3N4O3/c15-14(16,17)9-24-12-2-1-10(5-19-12)6-20-13(22)21-8-11-7-18-3-4-23-11/h1-2,5,11,18H,3-4,6-9H2,(H2,20,21,22). The fourth-order valence-corrected chi connectivity index (χ4v) is 1.96. The molecule has 7 nitrogen and oxygen atoms in total. The molecule has 1 aromatic rings. The van der Waals surface area contributed by atoms with Crippen LogP contribution in [0.25, 0.3) is 0 Å². The summed E-state index contributed by atoms with van der Waals surface area (Å²) in [6.07, 6.45) is -3.12. The van der Waals surface area contributed by atoms with E-state index in [1.807, 2.05) is 0 Å². The van der Waals surface area contributed by atoms with Crippen molar-refractivity contribution in [3.63, 3.8) is 0 Å². The smallest absolute Gasteiger partial charge is 0.422 e. The molecule has 1 fully saturated rings. The third-order valence-corrected chi connectivity index (χ3v) is 3.13. The lowest BCUT2D eigenvalue weighted by molar-refractivity contribution is -0.154. The molecule has 2 amide bonds. The Morgan fingerprint density at radius 3 is 2.88 bits per heavy atom. The number of carbonyl (C=O) groups excluding carboxylic acids is 1. The molecule has 0 spiro atoms. The summed E-state index contributed by atoms with van der Waals surface area (Å²) >= 11 is 0. The number of hydrogen-bond acceptors (Lipinski definition) is 5. The number of rotatable bonds is 6. The van der Waals surface area contributed by atoms with Crippen LogP contribution in [0.4, 0.5) is 18.0 Å². The summed E-state index contributed by atoms with van der Waals surface area (Å²) in [6, 6.07) is 2.50. The van der Waals surface area contributed by atoms with Gasteiger partial charge < -0.3 is 25.4 Å². The van der Waals surface area contributed by atoms with E-state index in [-0.39, 0.29) is 24.6 Å². The Kier molecular flexibility index (Phi) is 6.62. The number of amides is 2. The summed E-state index contributed by atoms with van der Waals surface area (Å²) in [6.45, 7) is 1.30. The summed E-state index contributed by atoms with van der Waals surface area (Å²) in [5, 5.41) is 8.47. The first-order chi connectivity index (χ1) is 11.4. The zero-order valence-corrected chi connectivity index (χ0v) is 12.9. The lowest BCUT2D eigenvalue weighted by Crippen LogP contribution is -2.47. The van der Waals surface area contributed by atoms with E-state index in [4.69, 9.17) is 4.74 Å². The zero-order valence-electron chi connectivity index (χ0n) is 12.9. The Morgan fingerprint density at radius 1 is 1.42 bits per heavy atom. The average molecular weight is 348 g/mol. The van der Waals surface area contributed by atoms with Gasteiger partial charge in [-0.2, -0.15) is 13.2 Å². The van der Waals surface area contributed by atoms with Gasteiger partial charge in [-0.05, 0) is 5.56 Å². The minimum Gasteiger partial charge on any atom is -0.468 e. The van der Waals surface area contributed by atoms with Crippen LogP contribution in [0.3, 0.4) is 0 Å². The summed E-state index contributed by atoms with van der Waals surface area (Å²) in [7, 11) is 0. The number of carbonyl (C=O) groups is 1. The highest BCUT2D eigenvalue weighted by atomic mass is 19.4. The predicted molar refractivity (Wildman–Crippen MR) is 78.6 cm³/mol. The number of alkyl halides is 3. The first-order valence-electron chi connectivity index (χ1n) is 7.41. The van der Waals surface area contributed by atoms with Gasteiger partial charge in [0.15, 0.2) is 6.61 Å². The molecule has 0 aromatic carbocycles. The molecule has 0 saturated carbocycles. The van der Waals surface area contributed by atoms with Crippen LogP contribution in [-0.4, -0.2) is 56.1 Å². The van der Waals surface area contributed by atoms with Gasteiger partial charge in [-0.15, -0.1) is 0 Å². The molecular formula is C14H19F3N4O3. The first-order valence-corrected chi connectivity index (χ1v) is 7.41. The average Bonchev–Trinajstić information content (AvgIpc) is 2.57. The molecule has 0 bridgehead atoms. The van der Waals surface area contributed by atoms with Gasteiger partial charge in [0.2, 0.25) is 5.88 Å². The molecule has 1 saturated heterocycles. The van der Waals surface area contributed by atoms with Crippen LogP contribution in [-0.2, 0) is 11.3 Å². The van der Waals surface area contributed by atoms with E-state index in [1.54, 1.807) is 0 Å². The number of ether oxygens (including phenoxy) is 2. The maximum Gasteiger partial charge on any atom is 0.422 e. The number of nitrogens with one attached hydrogen (secondary N) is 3. The Labute approximate surface area is 136 Å². The molecule has 0 radical (unpaired) electrons. The summed E-state index contributed by atoms with van der Waals surface area (Å²) in [5.74, 6) is -0.123. The molecule has 1 aromatic heterocycles. The Hall–Kier alpha value is -2.07. The van der Waals surface area contributed by atoms with E-state index in [9.17, 15) is 18.0 Å². The summed E-state index contributed by atoms with van der Waals surface area (Å²) < 4.78 is 46.0. The van der Waals surface area contributed by atoms with Crippen LogP contribution >= 0.6 is 0 Å². The maximum absolute atomic E-state index is 12.0. The molecule has 1 aliphatic heterocycles.